The molecule has 0 heterocycles. The Morgan fingerprint density at radius 1 is 0.857 bits per heavy atom. The monoisotopic (exact) mass is 404 g/mol. The molecule has 0 saturated carbocycles. The average molecular weight is 404 g/mol. The van der Waals surface area contributed by atoms with Crippen molar-refractivity contribution in [3.63, 3.8) is 0 Å². The quantitative estimate of drug-likeness (QED) is 0.678. The minimum absolute atomic E-state index is 0.0176. The van der Waals surface area contributed by atoms with Crippen LogP contribution < -0.4 is 0 Å². The molecule has 0 unspecified atom stereocenters. The first kappa shape index (κ1) is 16.0. The number of hydrogen-bond donors (Lipinski definition) is 0. The Kier molecular flexibility index (Phi) is 5.03. The smallest absolute Gasteiger partial charge is 0.299 e. The van der Waals surface area contributed by atoms with Crippen LogP contribution in [0.2, 0.25) is 0 Å². The summed E-state index contributed by atoms with van der Waals surface area (Å²) in [6.07, 6.45) is -3.91. The van der Waals surface area contributed by atoms with E-state index >= 15 is 0 Å². The second kappa shape index (κ2) is 6.60. The zero-order valence-corrected chi connectivity index (χ0v) is 13.1. The Morgan fingerprint density at radius 2 is 1.29 bits per heavy atom. The Bertz CT molecular complexity index is 615. The molecular formula is C16H12F3IO. The number of alkyl halides is 3. The molecule has 21 heavy (non-hydrogen) atoms. The van der Waals surface area contributed by atoms with E-state index in [9.17, 15) is 18.0 Å². The number of halogens is 4. The van der Waals surface area contributed by atoms with Gasteiger partial charge in [0.2, 0.25) is 0 Å². The fourth-order valence-electron chi connectivity index (χ4n) is 1.93. The lowest BCUT2D eigenvalue weighted by atomic mass is 10.0. The summed E-state index contributed by atoms with van der Waals surface area (Å²) in [6.45, 7) is 0. The molecule has 2 aromatic rings. The first-order valence-corrected chi connectivity index (χ1v) is 7.35. The molecule has 0 aliphatic rings. The Morgan fingerprint density at radius 3 is 1.71 bits per heavy atom. The third-order valence-electron chi connectivity index (χ3n) is 3.00. The van der Waals surface area contributed by atoms with Gasteiger partial charge in [0, 0.05) is 16.4 Å². The lowest BCUT2D eigenvalue weighted by molar-refractivity contribution is -0.137. The molecule has 0 radical (unpaired) electrons. The van der Waals surface area contributed by atoms with Crippen molar-refractivity contribution < 1.29 is 18.0 Å². The van der Waals surface area contributed by atoms with Gasteiger partial charge < -0.3 is 0 Å². The molecule has 0 aliphatic carbocycles. The topological polar surface area (TPSA) is 17.1 Å². The Balaban J connectivity index is 1.98. The number of carbonyl (C=O) groups is 1. The van der Waals surface area contributed by atoms with Crippen LogP contribution in [0.15, 0.2) is 48.5 Å². The molecule has 0 fully saturated rings. The molecule has 0 saturated heterocycles. The van der Waals surface area contributed by atoms with Crippen molar-refractivity contribution in [1.29, 1.82) is 0 Å². The number of ketones is 1. The van der Waals surface area contributed by atoms with Crippen molar-refractivity contribution in [3.05, 3.63) is 68.8 Å². The van der Waals surface area contributed by atoms with Gasteiger partial charge in [0.1, 0.15) is 5.78 Å². The maximum atomic E-state index is 12.4. The molecule has 2 aromatic carbocycles. The van der Waals surface area contributed by atoms with E-state index in [-0.39, 0.29) is 18.6 Å². The fourth-order valence-corrected chi connectivity index (χ4v) is 2.29. The second-order valence-corrected chi connectivity index (χ2v) is 5.96. The first-order chi connectivity index (χ1) is 9.84. The van der Waals surface area contributed by atoms with Crippen molar-refractivity contribution in [2.24, 2.45) is 0 Å². The van der Waals surface area contributed by atoms with Crippen LogP contribution >= 0.6 is 22.6 Å². The van der Waals surface area contributed by atoms with Gasteiger partial charge >= 0.3 is 6.18 Å². The summed E-state index contributed by atoms with van der Waals surface area (Å²) in [5.41, 5.74) is 0.808. The molecule has 0 aromatic heterocycles. The van der Waals surface area contributed by atoms with Gasteiger partial charge in [-0.05, 0) is 58.0 Å². The molecule has 0 aliphatic heterocycles. The maximum absolute atomic E-state index is 12.4. The van der Waals surface area contributed by atoms with Crippen molar-refractivity contribution in [2.75, 3.05) is 0 Å². The molecule has 110 valence electrons. The van der Waals surface area contributed by atoms with Crippen molar-refractivity contribution in [2.45, 2.75) is 19.0 Å². The van der Waals surface area contributed by atoms with Crippen LogP contribution in [0.3, 0.4) is 0 Å². The van der Waals surface area contributed by atoms with Gasteiger partial charge in [-0.1, -0.05) is 24.3 Å². The van der Waals surface area contributed by atoms with Gasteiger partial charge in [-0.15, -0.1) is 0 Å². The number of Topliss-reactive ketones (excluding diaryl/α,β-unsaturated/α-hetero) is 1. The predicted octanol–water partition coefficient (Wildman–Crippen LogP) is 4.66. The molecular weight excluding hydrogens is 392 g/mol. The zero-order chi connectivity index (χ0) is 15.5. The van der Waals surface area contributed by atoms with E-state index in [2.05, 4.69) is 22.6 Å². The molecule has 1 nitrogen and oxygen atoms in total. The summed E-state index contributed by atoms with van der Waals surface area (Å²) in [5, 5.41) is 0. The van der Waals surface area contributed by atoms with E-state index in [1.54, 1.807) is 0 Å². The summed E-state index contributed by atoms with van der Waals surface area (Å²) < 4.78 is 38.4. The van der Waals surface area contributed by atoms with Gasteiger partial charge in [0.15, 0.2) is 0 Å². The Labute approximate surface area is 134 Å². The molecule has 5 heteroatoms. The Hall–Kier alpha value is -1.37. The fraction of sp³-hybridized carbons (Fsp3) is 0.188. The van der Waals surface area contributed by atoms with Crippen molar-refractivity contribution in [1.82, 2.24) is 0 Å². The summed E-state index contributed by atoms with van der Waals surface area (Å²) in [5.74, 6) is -0.0176. The van der Waals surface area contributed by atoms with E-state index in [0.29, 0.717) is 5.56 Å². The van der Waals surface area contributed by atoms with E-state index < -0.39 is 11.7 Å². The minimum Gasteiger partial charge on any atom is -0.299 e. The molecule has 0 amide bonds. The van der Waals surface area contributed by atoms with Crippen LogP contribution in [0.1, 0.15) is 16.7 Å². The summed E-state index contributed by atoms with van der Waals surface area (Å²) in [7, 11) is 0. The highest BCUT2D eigenvalue weighted by Gasteiger charge is 2.29. The van der Waals surface area contributed by atoms with Crippen LogP contribution in [-0.4, -0.2) is 5.78 Å². The normalized spacial score (nSPS) is 11.4. The highest BCUT2D eigenvalue weighted by Crippen LogP contribution is 2.29. The van der Waals surface area contributed by atoms with Gasteiger partial charge in [-0.2, -0.15) is 13.2 Å². The van der Waals surface area contributed by atoms with Crippen LogP contribution in [0.25, 0.3) is 0 Å². The lowest BCUT2D eigenvalue weighted by Crippen LogP contribution is -2.08. The van der Waals surface area contributed by atoms with Gasteiger partial charge in [0.05, 0.1) is 5.56 Å². The van der Waals surface area contributed by atoms with Crippen LogP contribution in [-0.2, 0) is 23.8 Å². The maximum Gasteiger partial charge on any atom is 0.416 e. The van der Waals surface area contributed by atoms with Crippen molar-refractivity contribution >= 4 is 28.4 Å². The largest absolute Gasteiger partial charge is 0.416 e. The van der Waals surface area contributed by atoms with Crippen LogP contribution in [0.5, 0.6) is 0 Å². The SMILES string of the molecule is O=C(Cc1ccc(I)cc1)Cc1ccc(C(F)(F)F)cc1. The third-order valence-corrected chi connectivity index (χ3v) is 3.72. The van der Waals surface area contributed by atoms with E-state index in [0.717, 1.165) is 21.3 Å². The summed E-state index contributed by atoms with van der Waals surface area (Å²) in [4.78, 5) is 11.9. The van der Waals surface area contributed by atoms with E-state index in [1.165, 1.54) is 12.1 Å². The van der Waals surface area contributed by atoms with Crippen LogP contribution in [0, 0.1) is 3.57 Å². The van der Waals surface area contributed by atoms with Crippen molar-refractivity contribution in [3.8, 4) is 0 Å². The zero-order valence-electron chi connectivity index (χ0n) is 11.0. The lowest BCUT2D eigenvalue weighted by Gasteiger charge is -2.07. The standard InChI is InChI=1S/C16H12F3IO/c17-16(18,19)13-5-1-11(2-6-13)9-15(21)10-12-3-7-14(20)8-4-12/h1-8H,9-10H2. The molecule has 0 atom stereocenters. The molecule has 0 bridgehead atoms. The second-order valence-electron chi connectivity index (χ2n) is 4.71. The van der Waals surface area contributed by atoms with E-state index in [1.807, 2.05) is 24.3 Å². The predicted molar refractivity (Wildman–Crippen MR) is 83.0 cm³/mol. The number of benzene rings is 2. The first-order valence-electron chi connectivity index (χ1n) is 6.27. The molecule has 0 N–H and O–H groups in total. The third kappa shape index (κ3) is 4.84. The molecule has 2 rings (SSSR count). The van der Waals surface area contributed by atoms with Gasteiger partial charge in [-0.25, -0.2) is 0 Å². The van der Waals surface area contributed by atoms with Gasteiger partial charge in [-0.3, -0.25) is 4.79 Å². The van der Waals surface area contributed by atoms with E-state index in [4.69, 9.17) is 0 Å². The number of rotatable bonds is 4. The van der Waals surface area contributed by atoms with Crippen LogP contribution in [0.4, 0.5) is 13.2 Å². The van der Waals surface area contributed by atoms with Gasteiger partial charge in [0.25, 0.3) is 0 Å². The summed E-state index contributed by atoms with van der Waals surface area (Å²) in [6, 6.07) is 12.3. The number of hydrogen-bond acceptors (Lipinski definition) is 1. The highest BCUT2D eigenvalue weighted by molar-refractivity contribution is 14.1. The average Bonchev–Trinajstić information content (AvgIpc) is 2.41. The summed E-state index contributed by atoms with van der Waals surface area (Å²) >= 11 is 2.18. The minimum atomic E-state index is -4.34. The molecule has 0 spiro atoms. The highest BCUT2D eigenvalue weighted by atomic mass is 127. The number of carbonyl (C=O) groups excluding carboxylic acids is 1.